The van der Waals surface area contributed by atoms with E-state index in [1.807, 2.05) is 31.2 Å². The highest BCUT2D eigenvalue weighted by Gasteiger charge is 2.14. The number of nitrogens with one attached hydrogen (secondary N) is 2. The SMILES string of the molecule is COc1cc(C=NNC(=O)C(=O)Nc2ccc(F)cc2)cc(Br)c1OCc1ccccc1C. The van der Waals surface area contributed by atoms with Crippen LogP contribution in [0.25, 0.3) is 0 Å². The van der Waals surface area contributed by atoms with Gasteiger partial charge in [-0.25, -0.2) is 9.82 Å². The molecule has 2 N–H and O–H groups in total. The Morgan fingerprint density at radius 1 is 1.09 bits per heavy atom. The van der Waals surface area contributed by atoms with Crippen molar-refractivity contribution in [3.05, 3.63) is 87.6 Å². The molecule has 0 aliphatic heterocycles. The lowest BCUT2D eigenvalue weighted by Crippen LogP contribution is -2.32. The topological polar surface area (TPSA) is 89.0 Å². The summed E-state index contributed by atoms with van der Waals surface area (Å²) in [6.07, 6.45) is 1.36. The Labute approximate surface area is 198 Å². The lowest BCUT2D eigenvalue weighted by atomic mass is 10.1. The number of carbonyl (C=O) groups excluding carboxylic acids is 2. The number of ether oxygens (including phenoxy) is 2. The summed E-state index contributed by atoms with van der Waals surface area (Å²) in [6, 6.07) is 16.4. The van der Waals surface area contributed by atoms with E-state index in [4.69, 9.17) is 9.47 Å². The molecule has 3 rings (SSSR count). The van der Waals surface area contributed by atoms with Gasteiger partial charge in [0, 0.05) is 5.69 Å². The zero-order valence-corrected chi connectivity index (χ0v) is 19.5. The summed E-state index contributed by atoms with van der Waals surface area (Å²) >= 11 is 3.47. The molecule has 0 fully saturated rings. The van der Waals surface area contributed by atoms with Crippen LogP contribution in [0, 0.1) is 12.7 Å². The van der Waals surface area contributed by atoms with Crippen molar-refractivity contribution < 1.29 is 23.5 Å². The van der Waals surface area contributed by atoms with Crippen molar-refractivity contribution >= 4 is 39.6 Å². The van der Waals surface area contributed by atoms with E-state index >= 15 is 0 Å². The van der Waals surface area contributed by atoms with Gasteiger partial charge in [0.25, 0.3) is 0 Å². The van der Waals surface area contributed by atoms with Crippen LogP contribution in [0.1, 0.15) is 16.7 Å². The number of carbonyl (C=O) groups is 2. The molecule has 2 amide bonds. The van der Waals surface area contributed by atoms with Crippen LogP contribution in [0.4, 0.5) is 10.1 Å². The van der Waals surface area contributed by atoms with Gasteiger partial charge in [0.1, 0.15) is 12.4 Å². The first-order chi connectivity index (χ1) is 15.9. The second-order valence-electron chi connectivity index (χ2n) is 6.91. The van der Waals surface area contributed by atoms with Crippen molar-refractivity contribution in [1.82, 2.24) is 5.43 Å². The molecule has 0 atom stereocenters. The van der Waals surface area contributed by atoms with Crippen molar-refractivity contribution in [2.24, 2.45) is 5.10 Å². The number of benzene rings is 3. The number of amides is 2. The van der Waals surface area contributed by atoms with Gasteiger partial charge in [-0.3, -0.25) is 9.59 Å². The van der Waals surface area contributed by atoms with E-state index in [0.717, 1.165) is 11.1 Å². The average molecular weight is 514 g/mol. The van der Waals surface area contributed by atoms with E-state index in [-0.39, 0.29) is 5.69 Å². The zero-order chi connectivity index (χ0) is 23.8. The van der Waals surface area contributed by atoms with Gasteiger partial charge in [-0.15, -0.1) is 0 Å². The predicted molar refractivity (Wildman–Crippen MR) is 127 cm³/mol. The molecule has 7 nitrogen and oxygen atoms in total. The summed E-state index contributed by atoms with van der Waals surface area (Å²) in [5.74, 6) is -1.35. The molecule has 170 valence electrons. The summed E-state index contributed by atoms with van der Waals surface area (Å²) in [5.41, 5.74) is 5.21. The Kier molecular flexibility index (Phi) is 8.15. The number of aryl methyl sites for hydroxylation is 1. The Hall–Kier alpha value is -3.72. The molecular formula is C24H21BrFN3O4. The Bertz CT molecular complexity index is 1180. The molecule has 0 aliphatic rings. The van der Waals surface area contributed by atoms with Gasteiger partial charge in [-0.2, -0.15) is 5.10 Å². The summed E-state index contributed by atoms with van der Waals surface area (Å²) in [4.78, 5) is 23.8. The Morgan fingerprint density at radius 2 is 1.82 bits per heavy atom. The number of hydrogen-bond acceptors (Lipinski definition) is 5. The summed E-state index contributed by atoms with van der Waals surface area (Å²) < 4.78 is 24.9. The molecule has 0 spiro atoms. The van der Waals surface area contributed by atoms with Crippen molar-refractivity contribution in [2.45, 2.75) is 13.5 Å². The monoisotopic (exact) mass is 513 g/mol. The van der Waals surface area contributed by atoms with E-state index in [1.54, 1.807) is 12.1 Å². The molecule has 0 aromatic heterocycles. The molecule has 0 unspecified atom stereocenters. The molecule has 3 aromatic carbocycles. The molecule has 33 heavy (non-hydrogen) atoms. The van der Waals surface area contributed by atoms with Gasteiger partial charge in [0.15, 0.2) is 11.5 Å². The maximum atomic E-state index is 12.9. The van der Waals surface area contributed by atoms with Crippen LogP contribution in [0.3, 0.4) is 0 Å². The van der Waals surface area contributed by atoms with Gasteiger partial charge in [-0.05, 0) is 75.9 Å². The summed E-state index contributed by atoms with van der Waals surface area (Å²) in [7, 11) is 1.52. The van der Waals surface area contributed by atoms with Crippen molar-refractivity contribution in [2.75, 3.05) is 12.4 Å². The number of rotatable bonds is 7. The third kappa shape index (κ3) is 6.63. The van der Waals surface area contributed by atoms with E-state index in [9.17, 15) is 14.0 Å². The fourth-order valence-electron chi connectivity index (χ4n) is 2.81. The van der Waals surface area contributed by atoms with Gasteiger partial charge in [-0.1, -0.05) is 24.3 Å². The predicted octanol–water partition coefficient (Wildman–Crippen LogP) is 4.57. The molecule has 0 bridgehead atoms. The molecule has 0 saturated heterocycles. The summed E-state index contributed by atoms with van der Waals surface area (Å²) in [5, 5.41) is 6.16. The summed E-state index contributed by atoms with van der Waals surface area (Å²) in [6.45, 7) is 2.38. The van der Waals surface area contributed by atoms with Crippen molar-refractivity contribution in [3.63, 3.8) is 0 Å². The van der Waals surface area contributed by atoms with Crippen molar-refractivity contribution in [1.29, 1.82) is 0 Å². The highest BCUT2D eigenvalue weighted by Crippen LogP contribution is 2.37. The maximum Gasteiger partial charge on any atom is 0.329 e. The third-order valence-corrected chi connectivity index (χ3v) is 5.16. The lowest BCUT2D eigenvalue weighted by Gasteiger charge is -2.14. The molecule has 0 radical (unpaired) electrons. The molecule has 9 heteroatoms. The quantitative estimate of drug-likeness (QED) is 0.275. The first-order valence-electron chi connectivity index (χ1n) is 9.82. The average Bonchev–Trinajstić information content (AvgIpc) is 2.80. The molecule has 0 saturated carbocycles. The first-order valence-corrected chi connectivity index (χ1v) is 10.6. The van der Waals surface area contributed by atoms with Crippen molar-refractivity contribution in [3.8, 4) is 11.5 Å². The zero-order valence-electron chi connectivity index (χ0n) is 17.9. The highest BCUT2D eigenvalue weighted by atomic mass is 79.9. The minimum atomic E-state index is -0.972. The number of methoxy groups -OCH3 is 1. The number of anilines is 1. The second kappa shape index (κ2) is 11.2. The van der Waals surface area contributed by atoms with E-state index in [2.05, 4.69) is 31.8 Å². The normalized spacial score (nSPS) is 10.7. The smallest absolute Gasteiger partial charge is 0.329 e. The maximum absolute atomic E-state index is 12.9. The number of nitrogens with zero attached hydrogens (tertiary/aromatic N) is 1. The van der Waals surface area contributed by atoms with Crippen LogP contribution in [0.2, 0.25) is 0 Å². The number of halogens is 2. The van der Waals surface area contributed by atoms with Crippen LogP contribution >= 0.6 is 15.9 Å². The fraction of sp³-hybridized carbons (Fsp3) is 0.125. The number of hydrazone groups is 1. The van der Waals surface area contributed by atoms with Crippen LogP contribution < -0.4 is 20.2 Å². The van der Waals surface area contributed by atoms with Gasteiger partial charge in [0.2, 0.25) is 0 Å². The lowest BCUT2D eigenvalue weighted by molar-refractivity contribution is -0.136. The standard InChI is InChI=1S/C24H21BrFN3O4/c1-15-5-3-4-6-17(15)14-33-22-20(25)11-16(12-21(22)32-2)13-27-29-24(31)23(30)28-19-9-7-18(26)8-10-19/h3-13H,14H2,1-2H3,(H,28,30)(H,29,31). The first kappa shape index (κ1) is 23.9. The molecular weight excluding hydrogens is 493 g/mol. The van der Waals surface area contributed by atoms with Crippen LogP contribution in [0.15, 0.2) is 70.2 Å². The van der Waals surface area contributed by atoms with Crippen LogP contribution in [-0.4, -0.2) is 25.1 Å². The van der Waals surface area contributed by atoms with E-state index in [0.29, 0.717) is 28.1 Å². The van der Waals surface area contributed by atoms with Gasteiger partial charge in [0.05, 0.1) is 17.8 Å². The van der Waals surface area contributed by atoms with E-state index < -0.39 is 17.6 Å². The largest absolute Gasteiger partial charge is 0.493 e. The molecule has 0 aliphatic carbocycles. The fourth-order valence-corrected chi connectivity index (χ4v) is 3.39. The van der Waals surface area contributed by atoms with Crippen LogP contribution in [0.5, 0.6) is 11.5 Å². The minimum absolute atomic E-state index is 0.287. The molecule has 3 aromatic rings. The van der Waals surface area contributed by atoms with E-state index in [1.165, 1.54) is 37.6 Å². The van der Waals surface area contributed by atoms with Crippen LogP contribution in [-0.2, 0) is 16.2 Å². The second-order valence-corrected chi connectivity index (χ2v) is 7.76. The minimum Gasteiger partial charge on any atom is -0.493 e. The number of hydrogen-bond donors (Lipinski definition) is 2. The third-order valence-electron chi connectivity index (χ3n) is 4.57. The Balaban J connectivity index is 1.62. The van der Waals surface area contributed by atoms with Gasteiger partial charge >= 0.3 is 11.8 Å². The Morgan fingerprint density at radius 3 is 2.52 bits per heavy atom. The highest BCUT2D eigenvalue weighted by molar-refractivity contribution is 9.10. The molecule has 0 heterocycles. The van der Waals surface area contributed by atoms with Gasteiger partial charge < -0.3 is 14.8 Å².